The van der Waals surface area contributed by atoms with Crippen LogP contribution in [-0.2, 0) is 0 Å². The van der Waals surface area contributed by atoms with Crippen LogP contribution in [-0.4, -0.2) is 37.0 Å². The smallest absolute Gasteiger partial charge is 0.254 e. The Morgan fingerprint density at radius 2 is 1.82 bits per heavy atom. The summed E-state index contributed by atoms with van der Waals surface area (Å²) in [6.07, 6.45) is 4.87. The Balaban J connectivity index is 0.00000176. The van der Waals surface area contributed by atoms with Crippen LogP contribution in [0.25, 0.3) is 0 Å². The van der Waals surface area contributed by atoms with Gasteiger partial charge in [-0.3, -0.25) is 4.79 Å². The lowest BCUT2D eigenvalue weighted by molar-refractivity contribution is 0.0495. The molecule has 122 valence electrons. The standard InChI is InChI=1S/C17H23BrN2O.ClH/c1-13-12-14(18)2-3-15(13)16(21)20-10-6-17(7-11-20)4-8-19-9-5-17;/h2-3,12,19H,4-11H2,1H3;1H. The van der Waals surface area contributed by atoms with E-state index in [0.29, 0.717) is 5.41 Å². The van der Waals surface area contributed by atoms with Gasteiger partial charge in [-0.05, 0) is 74.9 Å². The first-order valence-electron chi connectivity index (χ1n) is 7.86. The van der Waals surface area contributed by atoms with Crippen LogP contribution >= 0.6 is 28.3 Å². The average molecular weight is 388 g/mol. The first-order valence-corrected chi connectivity index (χ1v) is 8.65. The number of rotatable bonds is 1. The topological polar surface area (TPSA) is 32.3 Å². The summed E-state index contributed by atoms with van der Waals surface area (Å²) in [5.74, 6) is 0.198. The van der Waals surface area contributed by atoms with Crippen molar-refractivity contribution in [2.75, 3.05) is 26.2 Å². The van der Waals surface area contributed by atoms with Gasteiger partial charge in [0.25, 0.3) is 5.91 Å². The number of likely N-dealkylation sites (tertiary alicyclic amines) is 1. The Bertz CT molecular complexity index is 533. The van der Waals surface area contributed by atoms with Gasteiger partial charge in [-0.25, -0.2) is 0 Å². The molecule has 2 saturated heterocycles. The quantitative estimate of drug-likeness (QED) is 0.795. The Morgan fingerprint density at radius 3 is 2.41 bits per heavy atom. The Kier molecular flexibility index (Phi) is 5.92. The van der Waals surface area contributed by atoms with Gasteiger partial charge in [0.1, 0.15) is 0 Å². The van der Waals surface area contributed by atoms with E-state index in [2.05, 4.69) is 21.2 Å². The van der Waals surface area contributed by atoms with Crippen LogP contribution in [0.2, 0.25) is 0 Å². The Morgan fingerprint density at radius 1 is 1.18 bits per heavy atom. The molecule has 1 amide bonds. The van der Waals surface area contributed by atoms with Gasteiger partial charge in [-0.15, -0.1) is 12.4 Å². The van der Waals surface area contributed by atoms with Crippen LogP contribution in [0.3, 0.4) is 0 Å². The largest absolute Gasteiger partial charge is 0.339 e. The molecule has 22 heavy (non-hydrogen) atoms. The van der Waals surface area contributed by atoms with Crippen LogP contribution in [0.1, 0.15) is 41.6 Å². The zero-order valence-electron chi connectivity index (χ0n) is 13.0. The number of nitrogens with zero attached hydrogens (tertiary/aromatic N) is 1. The fraction of sp³-hybridized carbons (Fsp3) is 0.588. The van der Waals surface area contributed by atoms with Crippen molar-refractivity contribution in [1.29, 1.82) is 0 Å². The molecule has 0 saturated carbocycles. The van der Waals surface area contributed by atoms with Gasteiger partial charge in [0, 0.05) is 23.1 Å². The van der Waals surface area contributed by atoms with E-state index in [0.717, 1.165) is 54.6 Å². The van der Waals surface area contributed by atoms with Crippen LogP contribution in [0.4, 0.5) is 0 Å². The Hall–Kier alpha value is -0.580. The van der Waals surface area contributed by atoms with Crippen LogP contribution in [0, 0.1) is 12.3 Å². The molecule has 0 atom stereocenters. The van der Waals surface area contributed by atoms with E-state index in [9.17, 15) is 4.79 Å². The second-order valence-corrected chi connectivity index (χ2v) is 7.42. The fourth-order valence-corrected chi connectivity index (χ4v) is 4.15. The van der Waals surface area contributed by atoms with Crippen molar-refractivity contribution in [3.63, 3.8) is 0 Å². The molecule has 0 bridgehead atoms. The molecule has 5 heteroatoms. The molecular formula is C17H24BrClN2O. The third-order valence-corrected chi connectivity index (χ3v) is 5.69. The summed E-state index contributed by atoms with van der Waals surface area (Å²) in [4.78, 5) is 14.7. The van der Waals surface area contributed by atoms with E-state index in [-0.39, 0.29) is 18.3 Å². The number of aryl methyl sites for hydroxylation is 1. The monoisotopic (exact) mass is 386 g/mol. The number of piperidine rings is 2. The van der Waals surface area contributed by atoms with Gasteiger partial charge in [0.2, 0.25) is 0 Å². The molecule has 3 rings (SSSR count). The first-order chi connectivity index (χ1) is 10.1. The summed E-state index contributed by atoms with van der Waals surface area (Å²) >= 11 is 3.46. The van der Waals surface area contributed by atoms with E-state index in [4.69, 9.17) is 0 Å². The molecule has 0 aliphatic carbocycles. The van der Waals surface area contributed by atoms with Crippen molar-refractivity contribution in [2.45, 2.75) is 32.6 Å². The number of hydrogen-bond acceptors (Lipinski definition) is 2. The predicted octanol–water partition coefficient (Wildman–Crippen LogP) is 3.79. The van der Waals surface area contributed by atoms with Crippen LogP contribution in [0.5, 0.6) is 0 Å². The molecule has 1 spiro atoms. The zero-order chi connectivity index (χ0) is 14.9. The van der Waals surface area contributed by atoms with E-state index in [1.165, 1.54) is 12.8 Å². The van der Waals surface area contributed by atoms with E-state index in [1.807, 2.05) is 30.0 Å². The highest BCUT2D eigenvalue weighted by atomic mass is 79.9. The predicted molar refractivity (Wildman–Crippen MR) is 95.8 cm³/mol. The fourth-order valence-electron chi connectivity index (χ4n) is 3.68. The molecule has 2 heterocycles. The summed E-state index contributed by atoms with van der Waals surface area (Å²) in [7, 11) is 0. The first kappa shape index (κ1) is 17.8. The summed E-state index contributed by atoms with van der Waals surface area (Å²) in [5.41, 5.74) is 2.40. The van der Waals surface area contributed by atoms with Gasteiger partial charge in [-0.1, -0.05) is 15.9 Å². The second kappa shape index (κ2) is 7.33. The molecule has 0 radical (unpaired) electrons. The van der Waals surface area contributed by atoms with E-state index >= 15 is 0 Å². The third kappa shape index (κ3) is 3.66. The van der Waals surface area contributed by atoms with Crippen LogP contribution in [0.15, 0.2) is 22.7 Å². The normalized spacial score (nSPS) is 20.5. The minimum atomic E-state index is 0. The molecule has 3 nitrogen and oxygen atoms in total. The number of carbonyl (C=O) groups is 1. The summed E-state index contributed by atoms with van der Waals surface area (Å²) in [5, 5.41) is 3.44. The lowest BCUT2D eigenvalue weighted by Crippen LogP contribution is -2.47. The van der Waals surface area contributed by atoms with Crippen molar-refractivity contribution in [3.05, 3.63) is 33.8 Å². The highest BCUT2D eigenvalue weighted by molar-refractivity contribution is 9.10. The molecule has 1 N–H and O–H groups in total. The number of amides is 1. The van der Waals surface area contributed by atoms with Crippen LogP contribution < -0.4 is 5.32 Å². The minimum absolute atomic E-state index is 0. The second-order valence-electron chi connectivity index (χ2n) is 6.50. The molecule has 2 aliphatic heterocycles. The average Bonchev–Trinajstić information content (AvgIpc) is 2.48. The SMILES string of the molecule is Cc1cc(Br)ccc1C(=O)N1CCC2(CCNCC2)CC1.Cl. The van der Waals surface area contributed by atoms with E-state index < -0.39 is 0 Å². The third-order valence-electron chi connectivity index (χ3n) is 5.19. The highest BCUT2D eigenvalue weighted by Gasteiger charge is 2.36. The summed E-state index contributed by atoms with van der Waals surface area (Å²) in [6, 6.07) is 5.92. The molecular weight excluding hydrogens is 364 g/mol. The van der Waals surface area contributed by atoms with Crippen molar-refractivity contribution in [2.24, 2.45) is 5.41 Å². The zero-order valence-corrected chi connectivity index (χ0v) is 15.4. The summed E-state index contributed by atoms with van der Waals surface area (Å²) in [6.45, 7) is 6.11. The molecule has 2 fully saturated rings. The highest BCUT2D eigenvalue weighted by Crippen LogP contribution is 2.39. The lowest BCUT2D eigenvalue weighted by atomic mass is 9.71. The van der Waals surface area contributed by atoms with Gasteiger partial charge >= 0.3 is 0 Å². The maximum absolute atomic E-state index is 12.7. The van der Waals surface area contributed by atoms with Crippen molar-refractivity contribution < 1.29 is 4.79 Å². The molecule has 1 aromatic carbocycles. The lowest BCUT2D eigenvalue weighted by Gasteiger charge is -2.44. The number of halogens is 2. The van der Waals surface area contributed by atoms with Crippen molar-refractivity contribution in [3.8, 4) is 0 Å². The van der Waals surface area contributed by atoms with E-state index in [1.54, 1.807) is 0 Å². The maximum atomic E-state index is 12.7. The molecule has 0 aromatic heterocycles. The summed E-state index contributed by atoms with van der Waals surface area (Å²) < 4.78 is 1.03. The molecule has 1 aromatic rings. The number of hydrogen-bond donors (Lipinski definition) is 1. The van der Waals surface area contributed by atoms with Crippen molar-refractivity contribution in [1.82, 2.24) is 10.2 Å². The van der Waals surface area contributed by atoms with Crippen molar-refractivity contribution >= 4 is 34.2 Å². The Labute approximate surface area is 147 Å². The number of nitrogens with one attached hydrogen (secondary N) is 1. The molecule has 2 aliphatic rings. The minimum Gasteiger partial charge on any atom is -0.339 e. The van der Waals surface area contributed by atoms with Gasteiger partial charge < -0.3 is 10.2 Å². The number of carbonyl (C=O) groups excluding carboxylic acids is 1. The number of benzene rings is 1. The molecule has 0 unspecified atom stereocenters. The van der Waals surface area contributed by atoms with Gasteiger partial charge in [-0.2, -0.15) is 0 Å². The van der Waals surface area contributed by atoms with Gasteiger partial charge in [0.05, 0.1) is 0 Å². The maximum Gasteiger partial charge on any atom is 0.254 e. The van der Waals surface area contributed by atoms with Gasteiger partial charge in [0.15, 0.2) is 0 Å².